The van der Waals surface area contributed by atoms with Crippen LogP contribution >= 0.6 is 23.4 Å². The lowest BCUT2D eigenvalue weighted by molar-refractivity contribution is -0.127. The Morgan fingerprint density at radius 3 is 2.58 bits per heavy atom. The van der Waals surface area contributed by atoms with Crippen LogP contribution in [0.15, 0.2) is 47.4 Å². The molecule has 2 aromatic carbocycles. The number of imide groups is 1. The first-order chi connectivity index (χ1) is 14.8. The molecule has 1 N–H and O–H groups in total. The molecule has 1 saturated heterocycles. The van der Waals surface area contributed by atoms with Gasteiger partial charge >= 0.3 is 0 Å². The number of anilines is 1. The normalized spacial score (nSPS) is 16.0. The van der Waals surface area contributed by atoms with E-state index in [0.717, 1.165) is 40.0 Å². The van der Waals surface area contributed by atoms with Crippen molar-refractivity contribution in [2.75, 3.05) is 11.9 Å². The van der Waals surface area contributed by atoms with Crippen LogP contribution in [-0.4, -0.2) is 34.6 Å². The van der Waals surface area contributed by atoms with Gasteiger partial charge in [0.2, 0.25) is 5.91 Å². The molecule has 0 unspecified atom stereocenters. The average molecular weight is 459 g/mol. The van der Waals surface area contributed by atoms with Gasteiger partial charge in [-0.05, 0) is 73.5 Å². The van der Waals surface area contributed by atoms with Crippen molar-refractivity contribution in [3.8, 4) is 5.75 Å². The molecule has 1 aliphatic rings. The summed E-state index contributed by atoms with van der Waals surface area (Å²) in [5.74, 6) is -0.227. The zero-order chi connectivity index (χ0) is 22.5. The minimum absolute atomic E-state index is 0.115. The third kappa shape index (κ3) is 5.89. The van der Waals surface area contributed by atoms with Crippen molar-refractivity contribution in [3.63, 3.8) is 0 Å². The molecule has 0 spiro atoms. The van der Waals surface area contributed by atoms with E-state index in [-0.39, 0.29) is 17.6 Å². The first-order valence-electron chi connectivity index (χ1n) is 9.85. The molecule has 2 aromatic rings. The highest BCUT2D eigenvalue weighted by atomic mass is 35.5. The third-order valence-corrected chi connectivity index (χ3v) is 6.04. The van der Waals surface area contributed by atoms with Gasteiger partial charge < -0.3 is 10.1 Å². The van der Waals surface area contributed by atoms with Gasteiger partial charge in [-0.2, -0.15) is 0 Å². The second-order valence-electron chi connectivity index (χ2n) is 7.19. The van der Waals surface area contributed by atoms with E-state index < -0.39 is 17.1 Å². The summed E-state index contributed by atoms with van der Waals surface area (Å²) in [7, 11) is 0. The quantitative estimate of drug-likeness (QED) is 0.554. The number of aryl methyl sites for hydroxylation is 1. The highest BCUT2D eigenvalue weighted by Crippen LogP contribution is 2.32. The van der Waals surface area contributed by atoms with Crippen molar-refractivity contribution in [2.24, 2.45) is 0 Å². The van der Waals surface area contributed by atoms with Gasteiger partial charge in [0.05, 0.1) is 11.0 Å². The third-order valence-electron chi connectivity index (χ3n) is 4.72. The summed E-state index contributed by atoms with van der Waals surface area (Å²) in [4.78, 5) is 38.5. The Labute approximate surface area is 190 Å². The molecule has 162 valence electrons. The van der Waals surface area contributed by atoms with E-state index >= 15 is 0 Å². The summed E-state index contributed by atoms with van der Waals surface area (Å²) in [5, 5.41) is 2.70. The van der Waals surface area contributed by atoms with Gasteiger partial charge in [-0.25, -0.2) is 0 Å². The zero-order valence-electron chi connectivity index (χ0n) is 17.5. The fraction of sp³-hybridized carbons (Fsp3) is 0.261. The molecule has 1 fully saturated rings. The van der Waals surface area contributed by atoms with Crippen LogP contribution in [0.1, 0.15) is 31.4 Å². The van der Waals surface area contributed by atoms with E-state index in [0.29, 0.717) is 10.7 Å². The zero-order valence-corrected chi connectivity index (χ0v) is 19.0. The lowest BCUT2D eigenvalue weighted by atomic mass is 10.2. The molecule has 0 aromatic heterocycles. The number of thioether (sulfide) groups is 1. The predicted octanol–water partition coefficient (Wildman–Crippen LogP) is 5.50. The van der Waals surface area contributed by atoms with Crippen molar-refractivity contribution >= 4 is 52.2 Å². The number of ether oxygens (including phenoxy) is 1. The van der Waals surface area contributed by atoms with E-state index in [2.05, 4.69) is 5.32 Å². The first kappa shape index (κ1) is 22.9. The Kier molecular flexibility index (Phi) is 7.41. The maximum absolute atomic E-state index is 12.6. The molecule has 8 heteroatoms. The van der Waals surface area contributed by atoms with Crippen LogP contribution < -0.4 is 10.1 Å². The highest BCUT2D eigenvalue weighted by molar-refractivity contribution is 8.18. The summed E-state index contributed by atoms with van der Waals surface area (Å²) in [6.07, 6.45) is 2.65. The van der Waals surface area contributed by atoms with Gasteiger partial charge in [0.15, 0.2) is 0 Å². The average Bonchev–Trinajstić information content (AvgIpc) is 2.99. The Balaban J connectivity index is 1.64. The minimum atomic E-state index is -0.493. The second-order valence-corrected chi connectivity index (χ2v) is 8.59. The molecule has 0 radical (unpaired) electrons. The van der Waals surface area contributed by atoms with Gasteiger partial charge in [-0.1, -0.05) is 36.7 Å². The Morgan fingerprint density at radius 2 is 1.94 bits per heavy atom. The number of nitrogens with one attached hydrogen (secondary N) is 1. The summed E-state index contributed by atoms with van der Waals surface area (Å²) >= 11 is 6.88. The SMILES string of the molecule is CC[C@H](C)Oc1ccc(/C=C2\SC(=O)N(CC(=O)Nc3ccc(C)c(Cl)c3)C2=O)cc1. The summed E-state index contributed by atoms with van der Waals surface area (Å²) < 4.78 is 5.74. The minimum Gasteiger partial charge on any atom is -0.491 e. The second kappa shape index (κ2) is 10.0. The van der Waals surface area contributed by atoms with Crippen molar-refractivity contribution in [3.05, 3.63) is 63.5 Å². The number of halogens is 1. The number of carbonyl (C=O) groups excluding carboxylic acids is 3. The monoisotopic (exact) mass is 458 g/mol. The number of rotatable bonds is 7. The topological polar surface area (TPSA) is 75.7 Å². The van der Waals surface area contributed by atoms with Gasteiger partial charge in [-0.3, -0.25) is 19.3 Å². The smallest absolute Gasteiger partial charge is 0.294 e. The molecule has 0 saturated carbocycles. The molecule has 1 heterocycles. The maximum atomic E-state index is 12.6. The first-order valence-corrected chi connectivity index (χ1v) is 11.0. The van der Waals surface area contributed by atoms with Gasteiger partial charge in [0, 0.05) is 10.7 Å². The number of nitrogens with zero attached hydrogens (tertiary/aromatic N) is 1. The van der Waals surface area contributed by atoms with Gasteiger partial charge in [0.25, 0.3) is 11.1 Å². The van der Waals surface area contributed by atoms with Crippen LogP contribution in [0.5, 0.6) is 5.75 Å². The molecule has 3 amide bonds. The lowest BCUT2D eigenvalue weighted by Gasteiger charge is -2.13. The van der Waals surface area contributed by atoms with Crippen LogP contribution in [0.3, 0.4) is 0 Å². The van der Waals surface area contributed by atoms with Crippen LogP contribution in [0.4, 0.5) is 10.5 Å². The summed E-state index contributed by atoms with van der Waals surface area (Å²) in [6, 6.07) is 12.4. The van der Waals surface area contributed by atoms with Crippen molar-refractivity contribution in [1.29, 1.82) is 0 Å². The maximum Gasteiger partial charge on any atom is 0.294 e. The van der Waals surface area contributed by atoms with Crippen LogP contribution in [0.25, 0.3) is 6.08 Å². The molecular weight excluding hydrogens is 436 g/mol. The Bertz CT molecular complexity index is 1040. The van der Waals surface area contributed by atoms with E-state index in [9.17, 15) is 14.4 Å². The predicted molar refractivity (Wildman–Crippen MR) is 124 cm³/mol. The van der Waals surface area contributed by atoms with E-state index in [1.54, 1.807) is 24.3 Å². The molecular formula is C23H23ClN2O4S. The number of hydrogen-bond donors (Lipinski definition) is 1. The van der Waals surface area contributed by atoms with Crippen LogP contribution in [0.2, 0.25) is 5.02 Å². The van der Waals surface area contributed by atoms with Gasteiger partial charge in [0.1, 0.15) is 12.3 Å². The van der Waals surface area contributed by atoms with Crippen molar-refractivity contribution in [2.45, 2.75) is 33.3 Å². The standard InChI is InChI=1S/C23H23ClN2O4S/c1-4-15(3)30-18-9-6-16(7-10-18)11-20-22(28)26(23(29)31-20)13-21(27)25-17-8-5-14(2)19(24)12-17/h5-12,15H,4,13H2,1-3H3,(H,25,27)/b20-11-/t15-/m0/s1. The fourth-order valence-corrected chi connectivity index (χ4v) is 3.78. The molecule has 6 nitrogen and oxygen atoms in total. The Hall–Kier alpha value is -2.77. The van der Waals surface area contributed by atoms with Crippen LogP contribution in [-0.2, 0) is 9.59 Å². The highest BCUT2D eigenvalue weighted by Gasteiger charge is 2.36. The number of amides is 3. The summed E-state index contributed by atoms with van der Waals surface area (Å²) in [6.45, 7) is 5.53. The van der Waals surface area contributed by atoms with E-state index in [1.165, 1.54) is 0 Å². The molecule has 31 heavy (non-hydrogen) atoms. The Morgan fingerprint density at radius 1 is 1.23 bits per heavy atom. The molecule has 0 bridgehead atoms. The van der Waals surface area contributed by atoms with Gasteiger partial charge in [-0.15, -0.1) is 0 Å². The molecule has 3 rings (SSSR count). The van der Waals surface area contributed by atoms with E-state index in [4.69, 9.17) is 16.3 Å². The molecule has 1 aliphatic heterocycles. The number of carbonyl (C=O) groups is 3. The van der Waals surface area contributed by atoms with Crippen molar-refractivity contribution < 1.29 is 19.1 Å². The number of benzene rings is 2. The largest absolute Gasteiger partial charge is 0.491 e. The fourth-order valence-electron chi connectivity index (χ4n) is 2.76. The van der Waals surface area contributed by atoms with Crippen molar-refractivity contribution in [1.82, 2.24) is 4.90 Å². The molecule has 0 aliphatic carbocycles. The van der Waals surface area contributed by atoms with Crippen LogP contribution in [0, 0.1) is 6.92 Å². The molecule has 1 atom stereocenters. The lowest BCUT2D eigenvalue weighted by Crippen LogP contribution is -2.36. The van der Waals surface area contributed by atoms with E-state index in [1.807, 2.05) is 45.0 Å². The number of hydrogen-bond acceptors (Lipinski definition) is 5. The summed E-state index contributed by atoms with van der Waals surface area (Å²) in [5.41, 5.74) is 2.15.